The van der Waals surface area contributed by atoms with Gasteiger partial charge in [0, 0.05) is 5.54 Å². The monoisotopic (exact) mass is 517 g/mol. The second kappa shape index (κ2) is 12.1. The molecule has 0 aromatic heterocycles. The Hall–Kier alpha value is -2.58. The van der Waals surface area contributed by atoms with Crippen LogP contribution < -0.4 is 5.32 Å². The molecule has 0 unspecified atom stereocenters. The van der Waals surface area contributed by atoms with E-state index in [-0.39, 0.29) is 17.7 Å². The van der Waals surface area contributed by atoms with E-state index in [1.165, 1.54) is 0 Å². The maximum Gasteiger partial charge on any atom is 0.176 e. The number of hydrogen-bond acceptors (Lipinski definition) is 6. The standard InChI is InChI=1S/C32H39NO5/c1-31(2,3)33-27-28(35-20-25-15-9-5-10-16-25)29(36-21-26-17-11-6-12-18-26)32(23-37-30(27)38-32)22-34-19-24-13-7-4-8-14-24/h4-18,27-30,33H,19-23H2,1-3H3/t27-,28-,29-,30+,32+/m1/s1. The molecule has 2 aliphatic rings. The minimum atomic E-state index is -0.786. The van der Waals surface area contributed by atoms with E-state index in [9.17, 15) is 0 Å². The molecule has 6 heteroatoms. The van der Waals surface area contributed by atoms with E-state index in [1.807, 2.05) is 54.6 Å². The van der Waals surface area contributed by atoms with E-state index in [2.05, 4.69) is 62.5 Å². The van der Waals surface area contributed by atoms with Crippen molar-refractivity contribution in [3.63, 3.8) is 0 Å². The van der Waals surface area contributed by atoms with Crippen LogP contribution in [-0.2, 0) is 43.5 Å². The first-order valence-corrected chi connectivity index (χ1v) is 13.4. The van der Waals surface area contributed by atoms with Gasteiger partial charge < -0.3 is 29.0 Å². The van der Waals surface area contributed by atoms with Crippen LogP contribution in [-0.4, -0.2) is 48.9 Å². The molecule has 202 valence electrons. The van der Waals surface area contributed by atoms with Crippen LogP contribution in [0.5, 0.6) is 0 Å². The third-order valence-electron chi connectivity index (χ3n) is 6.92. The smallest absolute Gasteiger partial charge is 0.176 e. The fourth-order valence-corrected chi connectivity index (χ4v) is 5.18. The Morgan fingerprint density at radius 2 is 1.29 bits per heavy atom. The van der Waals surface area contributed by atoms with Crippen LogP contribution in [0.3, 0.4) is 0 Å². The van der Waals surface area contributed by atoms with Crippen LogP contribution in [0.1, 0.15) is 37.5 Å². The topological polar surface area (TPSA) is 58.2 Å². The third-order valence-corrected chi connectivity index (χ3v) is 6.92. The lowest BCUT2D eigenvalue weighted by Gasteiger charge is -2.48. The highest BCUT2D eigenvalue weighted by atomic mass is 16.8. The van der Waals surface area contributed by atoms with Crippen molar-refractivity contribution >= 4 is 0 Å². The largest absolute Gasteiger partial charge is 0.374 e. The molecule has 5 atom stereocenters. The summed E-state index contributed by atoms with van der Waals surface area (Å²) in [4.78, 5) is 0. The average molecular weight is 518 g/mol. The Bertz CT molecular complexity index is 1120. The third kappa shape index (κ3) is 6.70. The Labute approximate surface area is 226 Å². The molecular weight excluding hydrogens is 478 g/mol. The average Bonchev–Trinajstić information content (AvgIpc) is 3.31. The minimum Gasteiger partial charge on any atom is -0.374 e. The number of fused-ring (bicyclic) bond motifs is 2. The molecule has 2 bridgehead atoms. The van der Waals surface area contributed by atoms with Gasteiger partial charge in [0.1, 0.15) is 17.8 Å². The molecule has 1 N–H and O–H groups in total. The van der Waals surface area contributed by atoms with Gasteiger partial charge in [-0.3, -0.25) is 0 Å². The highest BCUT2D eigenvalue weighted by Crippen LogP contribution is 2.41. The Kier molecular flexibility index (Phi) is 8.58. The van der Waals surface area contributed by atoms with Crippen molar-refractivity contribution in [3.05, 3.63) is 108 Å². The van der Waals surface area contributed by atoms with Gasteiger partial charge in [0.15, 0.2) is 6.29 Å². The van der Waals surface area contributed by atoms with E-state index >= 15 is 0 Å². The molecule has 0 saturated carbocycles. The molecule has 2 fully saturated rings. The molecule has 5 rings (SSSR count). The number of nitrogens with one attached hydrogen (secondary N) is 1. The van der Waals surface area contributed by atoms with Crippen LogP contribution >= 0.6 is 0 Å². The van der Waals surface area contributed by atoms with Gasteiger partial charge in [0.25, 0.3) is 0 Å². The predicted molar refractivity (Wildman–Crippen MR) is 146 cm³/mol. The van der Waals surface area contributed by atoms with Crippen molar-refractivity contribution < 1.29 is 23.7 Å². The summed E-state index contributed by atoms with van der Waals surface area (Å²) in [6.07, 6.45) is -1.20. The summed E-state index contributed by atoms with van der Waals surface area (Å²) in [6, 6.07) is 30.4. The van der Waals surface area contributed by atoms with Crippen LogP contribution in [0.25, 0.3) is 0 Å². The first-order valence-electron chi connectivity index (χ1n) is 13.4. The summed E-state index contributed by atoms with van der Waals surface area (Å²) in [5, 5.41) is 3.70. The number of ether oxygens (including phenoxy) is 5. The van der Waals surface area contributed by atoms with E-state index in [0.29, 0.717) is 33.0 Å². The molecule has 2 saturated heterocycles. The summed E-state index contributed by atoms with van der Waals surface area (Å²) < 4.78 is 32.6. The zero-order valence-corrected chi connectivity index (χ0v) is 22.5. The minimum absolute atomic E-state index is 0.178. The number of benzene rings is 3. The zero-order chi connectivity index (χ0) is 26.4. The molecule has 3 aromatic carbocycles. The van der Waals surface area contributed by atoms with Gasteiger partial charge in [-0.25, -0.2) is 0 Å². The predicted octanol–water partition coefficient (Wildman–Crippen LogP) is 5.26. The first kappa shape index (κ1) is 27.0. The lowest BCUT2D eigenvalue weighted by Crippen LogP contribution is -2.69. The quantitative estimate of drug-likeness (QED) is 0.375. The SMILES string of the molecule is CC(C)(C)N[C@H]1[C@H]2OC[C@](COCc3ccccc3)(O2)[C@H](OCc2ccccc2)[C@@H]1OCc1ccccc1. The van der Waals surface area contributed by atoms with Crippen molar-refractivity contribution in [1.82, 2.24) is 5.32 Å². The first-order chi connectivity index (χ1) is 18.4. The van der Waals surface area contributed by atoms with Crippen molar-refractivity contribution in [2.75, 3.05) is 13.2 Å². The second-order valence-corrected chi connectivity index (χ2v) is 11.2. The molecule has 2 heterocycles. The van der Waals surface area contributed by atoms with E-state index in [0.717, 1.165) is 16.7 Å². The summed E-state index contributed by atoms with van der Waals surface area (Å²) >= 11 is 0. The molecule has 2 aliphatic heterocycles. The second-order valence-electron chi connectivity index (χ2n) is 11.2. The van der Waals surface area contributed by atoms with Crippen LogP contribution in [0.4, 0.5) is 0 Å². The summed E-state index contributed by atoms with van der Waals surface area (Å²) in [5.74, 6) is 0. The lowest BCUT2D eigenvalue weighted by atomic mass is 9.86. The molecule has 3 aromatic rings. The maximum atomic E-state index is 6.70. The number of hydrogen-bond donors (Lipinski definition) is 1. The Morgan fingerprint density at radius 1 is 0.763 bits per heavy atom. The number of rotatable bonds is 11. The van der Waals surface area contributed by atoms with E-state index < -0.39 is 18.0 Å². The van der Waals surface area contributed by atoms with Gasteiger partial charge >= 0.3 is 0 Å². The van der Waals surface area contributed by atoms with Crippen molar-refractivity contribution in [2.24, 2.45) is 0 Å². The molecule has 6 nitrogen and oxygen atoms in total. The van der Waals surface area contributed by atoms with Crippen molar-refractivity contribution in [2.45, 2.75) is 76.3 Å². The van der Waals surface area contributed by atoms with Crippen LogP contribution in [0.2, 0.25) is 0 Å². The van der Waals surface area contributed by atoms with Gasteiger partial charge in [0.2, 0.25) is 0 Å². The highest BCUT2D eigenvalue weighted by molar-refractivity contribution is 5.17. The van der Waals surface area contributed by atoms with Gasteiger partial charge in [-0.1, -0.05) is 91.0 Å². The fourth-order valence-electron chi connectivity index (χ4n) is 5.18. The normalized spacial score (nSPS) is 26.9. The summed E-state index contributed by atoms with van der Waals surface area (Å²) in [7, 11) is 0. The molecule has 0 aliphatic carbocycles. The molecule has 0 amide bonds. The van der Waals surface area contributed by atoms with Crippen LogP contribution in [0, 0.1) is 0 Å². The Balaban J connectivity index is 1.41. The Morgan fingerprint density at radius 3 is 1.84 bits per heavy atom. The van der Waals surface area contributed by atoms with Crippen LogP contribution in [0.15, 0.2) is 91.0 Å². The molecule has 0 spiro atoms. The molecular formula is C32H39NO5. The van der Waals surface area contributed by atoms with E-state index in [1.54, 1.807) is 0 Å². The van der Waals surface area contributed by atoms with Gasteiger partial charge in [-0.05, 0) is 37.5 Å². The fraction of sp³-hybridized carbons (Fsp3) is 0.438. The summed E-state index contributed by atoms with van der Waals surface area (Å²) in [6.45, 7) is 8.52. The van der Waals surface area contributed by atoms with Gasteiger partial charge in [-0.15, -0.1) is 0 Å². The molecule has 0 radical (unpaired) electrons. The summed E-state index contributed by atoms with van der Waals surface area (Å²) in [5.41, 5.74) is 2.35. The highest BCUT2D eigenvalue weighted by Gasteiger charge is 2.61. The zero-order valence-electron chi connectivity index (χ0n) is 22.5. The lowest BCUT2D eigenvalue weighted by molar-refractivity contribution is -0.266. The van der Waals surface area contributed by atoms with Crippen molar-refractivity contribution in [3.8, 4) is 0 Å². The van der Waals surface area contributed by atoms with Crippen molar-refractivity contribution in [1.29, 1.82) is 0 Å². The van der Waals surface area contributed by atoms with E-state index in [4.69, 9.17) is 23.7 Å². The maximum absolute atomic E-state index is 6.70. The van der Waals surface area contributed by atoms with Gasteiger partial charge in [-0.2, -0.15) is 0 Å². The molecule has 38 heavy (non-hydrogen) atoms. The van der Waals surface area contributed by atoms with Gasteiger partial charge in [0.05, 0.1) is 39.1 Å².